The molecule has 0 saturated carbocycles. The Hall–Kier alpha value is -4.29. The van der Waals surface area contributed by atoms with E-state index in [1.807, 2.05) is 17.1 Å². The standard InChI is InChI=1S/C40H46FN3O2/c1-4-25-40(34-12-7-5-8-13-34,35-14-9-6-10-15-35)26-11-27-44(39(46)23-18-32-16-20-36(41)21-17-32)43-28-24-33-19-22-37(42-31(3)45)29-38(33)30(43)2/h5-10,12-17,19-22,29-30H,4,11,18,23-28H2,1-3H3,(H,42,45). The fourth-order valence-corrected chi connectivity index (χ4v) is 7.18. The third-order valence-electron chi connectivity index (χ3n) is 9.42. The van der Waals surface area contributed by atoms with Gasteiger partial charge in [-0.2, -0.15) is 0 Å². The third-order valence-corrected chi connectivity index (χ3v) is 9.42. The van der Waals surface area contributed by atoms with Crippen molar-refractivity contribution in [2.75, 3.05) is 18.4 Å². The van der Waals surface area contributed by atoms with Crippen LogP contribution in [-0.4, -0.2) is 34.9 Å². The minimum absolute atomic E-state index is 0.0455. The minimum atomic E-state index is -0.275. The van der Waals surface area contributed by atoms with Crippen molar-refractivity contribution in [2.45, 2.75) is 77.2 Å². The Morgan fingerprint density at radius 3 is 2.17 bits per heavy atom. The highest BCUT2D eigenvalue weighted by Gasteiger charge is 2.35. The summed E-state index contributed by atoms with van der Waals surface area (Å²) in [5, 5.41) is 7.12. The highest BCUT2D eigenvalue weighted by atomic mass is 19.1. The maximum atomic E-state index is 14.1. The third kappa shape index (κ3) is 7.73. The Bertz CT molecular complexity index is 1550. The highest BCUT2D eigenvalue weighted by molar-refractivity contribution is 5.88. The number of fused-ring (bicyclic) bond motifs is 1. The van der Waals surface area contributed by atoms with Crippen LogP contribution in [0.4, 0.5) is 10.1 Å². The topological polar surface area (TPSA) is 52.7 Å². The second-order valence-corrected chi connectivity index (χ2v) is 12.5. The number of halogens is 1. The molecular weight excluding hydrogens is 573 g/mol. The maximum absolute atomic E-state index is 14.1. The van der Waals surface area contributed by atoms with E-state index in [-0.39, 0.29) is 29.1 Å². The number of rotatable bonds is 13. The number of amides is 2. The van der Waals surface area contributed by atoms with Crippen molar-refractivity contribution < 1.29 is 14.0 Å². The summed E-state index contributed by atoms with van der Waals surface area (Å²) in [5.74, 6) is -0.313. The molecule has 240 valence electrons. The maximum Gasteiger partial charge on any atom is 0.237 e. The number of hydrogen-bond donors (Lipinski definition) is 1. The fourth-order valence-electron chi connectivity index (χ4n) is 7.18. The SMILES string of the molecule is CCCC(CCCN(C(=O)CCc1ccc(F)cc1)N1CCc2ccc(NC(C)=O)cc2C1C)(c1ccccc1)c1ccccc1. The second-order valence-electron chi connectivity index (χ2n) is 12.5. The van der Waals surface area contributed by atoms with Gasteiger partial charge >= 0.3 is 0 Å². The monoisotopic (exact) mass is 619 g/mol. The number of hydrazine groups is 1. The molecule has 1 aliphatic heterocycles. The molecule has 0 spiro atoms. The summed E-state index contributed by atoms with van der Waals surface area (Å²) in [4.78, 5) is 25.9. The van der Waals surface area contributed by atoms with Gasteiger partial charge in [-0.3, -0.25) is 14.6 Å². The minimum Gasteiger partial charge on any atom is -0.326 e. The van der Waals surface area contributed by atoms with Gasteiger partial charge < -0.3 is 5.32 Å². The molecule has 1 heterocycles. The van der Waals surface area contributed by atoms with E-state index < -0.39 is 0 Å². The van der Waals surface area contributed by atoms with Crippen LogP contribution in [-0.2, 0) is 27.8 Å². The van der Waals surface area contributed by atoms with Crippen molar-refractivity contribution >= 4 is 17.5 Å². The van der Waals surface area contributed by atoms with E-state index in [1.165, 1.54) is 35.7 Å². The molecule has 0 radical (unpaired) electrons. The van der Waals surface area contributed by atoms with Gasteiger partial charge in [0.05, 0.1) is 6.04 Å². The van der Waals surface area contributed by atoms with Crippen molar-refractivity contribution in [3.05, 3.63) is 137 Å². The van der Waals surface area contributed by atoms with E-state index in [1.54, 1.807) is 12.1 Å². The van der Waals surface area contributed by atoms with E-state index >= 15 is 0 Å². The number of carbonyl (C=O) groups is 2. The van der Waals surface area contributed by atoms with Crippen LogP contribution in [0.25, 0.3) is 0 Å². The number of anilines is 1. The number of carbonyl (C=O) groups excluding carboxylic acids is 2. The summed E-state index contributed by atoms with van der Waals surface area (Å²) in [6.07, 6.45) is 5.49. The zero-order valence-electron chi connectivity index (χ0n) is 27.3. The molecular formula is C40H46FN3O2. The molecule has 1 aliphatic rings. The van der Waals surface area contributed by atoms with Gasteiger partial charge in [0.25, 0.3) is 0 Å². The van der Waals surface area contributed by atoms with Crippen LogP contribution in [0.3, 0.4) is 0 Å². The molecule has 0 aromatic heterocycles. The van der Waals surface area contributed by atoms with E-state index in [0.29, 0.717) is 19.4 Å². The molecule has 1 N–H and O–H groups in total. The Labute approximate surface area is 273 Å². The highest BCUT2D eigenvalue weighted by Crippen LogP contribution is 2.41. The lowest BCUT2D eigenvalue weighted by Gasteiger charge is -2.43. The van der Waals surface area contributed by atoms with E-state index in [0.717, 1.165) is 55.5 Å². The van der Waals surface area contributed by atoms with E-state index in [9.17, 15) is 14.0 Å². The molecule has 4 aromatic rings. The number of hydrogen-bond acceptors (Lipinski definition) is 3. The van der Waals surface area contributed by atoms with E-state index in [4.69, 9.17) is 0 Å². The summed E-state index contributed by atoms with van der Waals surface area (Å²) in [7, 11) is 0. The summed E-state index contributed by atoms with van der Waals surface area (Å²) in [6.45, 7) is 7.23. The largest absolute Gasteiger partial charge is 0.326 e. The molecule has 0 saturated heterocycles. The lowest BCUT2D eigenvalue weighted by Crippen LogP contribution is -2.51. The molecule has 46 heavy (non-hydrogen) atoms. The quantitative estimate of drug-likeness (QED) is 0.163. The van der Waals surface area contributed by atoms with Crippen LogP contribution in [0.5, 0.6) is 0 Å². The first kappa shape index (κ1) is 33.1. The van der Waals surface area contributed by atoms with Crippen LogP contribution in [0.2, 0.25) is 0 Å². The van der Waals surface area contributed by atoms with Crippen molar-refractivity contribution in [2.24, 2.45) is 0 Å². The van der Waals surface area contributed by atoms with Crippen molar-refractivity contribution in [3.8, 4) is 0 Å². The first-order valence-corrected chi connectivity index (χ1v) is 16.6. The summed E-state index contributed by atoms with van der Waals surface area (Å²) in [6, 6.07) is 34.1. The van der Waals surface area contributed by atoms with Crippen molar-refractivity contribution in [1.29, 1.82) is 0 Å². The summed E-state index contributed by atoms with van der Waals surface area (Å²) < 4.78 is 13.6. The summed E-state index contributed by atoms with van der Waals surface area (Å²) in [5.41, 5.74) is 6.54. The van der Waals surface area contributed by atoms with Gasteiger partial charge in [-0.05, 0) is 91.1 Å². The molecule has 5 rings (SSSR count). The molecule has 0 aliphatic carbocycles. The number of aryl methyl sites for hydroxylation is 1. The van der Waals surface area contributed by atoms with Crippen LogP contribution >= 0.6 is 0 Å². The average molecular weight is 620 g/mol. The van der Waals surface area contributed by atoms with Crippen molar-refractivity contribution in [1.82, 2.24) is 10.0 Å². The molecule has 0 fully saturated rings. The van der Waals surface area contributed by atoms with Gasteiger partial charge in [-0.15, -0.1) is 0 Å². The van der Waals surface area contributed by atoms with Gasteiger partial charge in [-0.25, -0.2) is 9.40 Å². The van der Waals surface area contributed by atoms with Crippen LogP contribution in [0.1, 0.15) is 86.7 Å². The Morgan fingerprint density at radius 1 is 0.913 bits per heavy atom. The first-order chi connectivity index (χ1) is 22.3. The normalized spacial score (nSPS) is 14.8. The average Bonchev–Trinajstić information content (AvgIpc) is 3.07. The predicted molar refractivity (Wildman–Crippen MR) is 184 cm³/mol. The predicted octanol–water partition coefficient (Wildman–Crippen LogP) is 8.65. The molecule has 2 amide bonds. The smallest absolute Gasteiger partial charge is 0.237 e. The second kappa shape index (κ2) is 15.3. The number of nitrogens with zero attached hydrogens (tertiary/aromatic N) is 2. The zero-order chi connectivity index (χ0) is 32.5. The van der Waals surface area contributed by atoms with Crippen molar-refractivity contribution in [3.63, 3.8) is 0 Å². The van der Waals surface area contributed by atoms with Crippen LogP contribution < -0.4 is 5.32 Å². The number of benzene rings is 4. The Balaban J connectivity index is 1.42. The molecule has 0 bridgehead atoms. The van der Waals surface area contributed by atoms with Crippen LogP contribution in [0.15, 0.2) is 103 Å². The Morgan fingerprint density at radius 2 is 1.57 bits per heavy atom. The molecule has 1 atom stereocenters. The fraction of sp³-hybridized carbons (Fsp3) is 0.350. The van der Waals surface area contributed by atoms with Gasteiger partial charge in [0, 0.05) is 37.5 Å². The lowest BCUT2D eigenvalue weighted by molar-refractivity contribution is -0.155. The molecule has 1 unspecified atom stereocenters. The summed E-state index contributed by atoms with van der Waals surface area (Å²) >= 11 is 0. The van der Waals surface area contributed by atoms with E-state index in [2.05, 4.69) is 90.9 Å². The van der Waals surface area contributed by atoms with Gasteiger partial charge in [0.15, 0.2) is 0 Å². The van der Waals surface area contributed by atoms with Crippen LogP contribution in [0, 0.1) is 5.82 Å². The first-order valence-electron chi connectivity index (χ1n) is 16.6. The molecule has 5 nitrogen and oxygen atoms in total. The molecule has 6 heteroatoms. The lowest BCUT2D eigenvalue weighted by atomic mass is 9.68. The van der Waals surface area contributed by atoms with Gasteiger partial charge in [0.2, 0.25) is 11.8 Å². The Kier molecular flexibility index (Phi) is 11.0. The number of nitrogens with one attached hydrogen (secondary N) is 1. The van der Waals surface area contributed by atoms with Gasteiger partial charge in [-0.1, -0.05) is 92.2 Å². The zero-order valence-corrected chi connectivity index (χ0v) is 27.3. The molecule has 4 aromatic carbocycles. The van der Waals surface area contributed by atoms with Gasteiger partial charge in [0.1, 0.15) is 5.82 Å².